The SMILES string of the molecule is CC(O)c1ccn(CC2COc3ccccc32)c1. The topological polar surface area (TPSA) is 34.4 Å². The van der Waals surface area contributed by atoms with Crippen molar-refractivity contribution in [1.82, 2.24) is 4.57 Å². The Labute approximate surface area is 107 Å². The van der Waals surface area contributed by atoms with Gasteiger partial charge in [0.2, 0.25) is 0 Å². The van der Waals surface area contributed by atoms with Gasteiger partial charge in [-0.25, -0.2) is 0 Å². The number of aliphatic hydroxyl groups is 1. The minimum Gasteiger partial charge on any atom is -0.493 e. The second-order valence-corrected chi connectivity index (χ2v) is 4.86. The van der Waals surface area contributed by atoms with Crippen LogP contribution in [0.1, 0.15) is 30.1 Å². The summed E-state index contributed by atoms with van der Waals surface area (Å²) < 4.78 is 7.80. The molecule has 0 spiro atoms. The third-order valence-corrected chi connectivity index (χ3v) is 3.49. The number of fused-ring (bicyclic) bond motifs is 1. The highest BCUT2D eigenvalue weighted by molar-refractivity contribution is 5.39. The van der Waals surface area contributed by atoms with Crippen molar-refractivity contribution in [3.05, 3.63) is 53.9 Å². The maximum Gasteiger partial charge on any atom is 0.122 e. The van der Waals surface area contributed by atoms with E-state index >= 15 is 0 Å². The first kappa shape index (κ1) is 11.4. The van der Waals surface area contributed by atoms with Crippen molar-refractivity contribution >= 4 is 0 Å². The zero-order chi connectivity index (χ0) is 12.5. The van der Waals surface area contributed by atoms with Gasteiger partial charge in [-0.2, -0.15) is 0 Å². The number of rotatable bonds is 3. The van der Waals surface area contributed by atoms with Crippen LogP contribution in [0.25, 0.3) is 0 Å². The summed E-state index contributed by atoms with van der Waals surface area (Å²) in [6, 6.07) is 10.2. The predicted molar refractivity (Wildman–Crippen MR) is 69.7 cm³/mol. The Kier molecular flexibility index (Phi) is 2.84. The van der Waals surface area contributed by atoms with Crippen molar-refractivity contribution in [2.45, 2.75) is 25.5 Å². The highest BCUT2D eigenvalue weighted by Gasteiger charge is 2.23. The quantitative estimate of drug-likeness (QED) is 0.899. The van der Waals surface area contributed by atoms with Gasteiger partial charge in [-0.15, -0.1) is 0 Å². The summed E-state index contributed by atoms with van der Waals surface area (Å²) in [5, 5.41) is 9.52. The lowest BCUT2D eigenvalue weighted by Crippen LogP contribution is -2.09. The van der Waals surface area contributed by atoms with Crippen LogP contribution in [0.5, 0.6) is 5.75 Å². The zero-order valence-electron chi connectivity index (χ0n) is 10.4. The Morgan fingerprint density at radius 3 is 3.00 bits per heavy atom. The molecular weight excluding hydrogens is 226 g/mol. The molecule has 2 heterocycles. The van der Waals surface area contributed by atoms with Crippen LogP contribution in [0.2, 0.25) is 0 Å². The summed E-state index contributed by atoms with van der Waals surface area (Å²) in [4.78, 5) is 0. The molecule has 1 aliphatic rings. The van der Waals surface area contributed by atoms with Crippen molar-refractivity contribution in [1.29, 1.82) is 0 Å². The Morgan fingerprint density at radius 1 is 1.39 bits per heavy atom. The normalized spacial score (nSPS) is 19.3. The first-order valence-electron chi connectivity index (χ1n) is 6.29. The number of para-hydroxylation sites is 1. The number of nitrogens with zero attached hydrogens (tertiary/aromatic N) is 1. The van der Waals surface area contributed by atoms with E-state index in [-0.39, 0.29) is 0 Å². The molecule has 0 fully saturated rings. The summed E-state index contributed by atoms with van der Waals surface area (Å²) in [6.45, 7) is 3.42. The lowest BCUT2D eigenvalue weighted by molar-refractivity contribution is 0.199. The second kappa shape index (κ2) is 4.50. The van der Waals surface area contributed by atoms with E-state index in [1.54, 1.807) is 6.92 Å². The summed E-state index contributed by atoms with van der Waals surface area (Å²) in [5.74, 6) is 1.40. The van der Waals surface area contributed by atoms with Crippen LogP contribution in [0.3, 0.4) is 0 Å². The molecule has 3 heteroatoms. The highest BCUT2D eigenvalue weighted by atomic mass is 16.5. The molecule has 0 radical (unpaired) electrons. The van der Waals surface area contributed by atoms with Gasteiger partial charge in [0.15, 0.2) is 0 Å². The van der Waals surface area contributed by atoms with Crippen LogP contribution < -0.4 is 4.74 Å². The lowest BCUT2D eigenvalue weighted by Gasteiger charge is -2.10. The molecule has 2 atom stereocenters. The fourth-order valence-electron chi connectivity index (χ4n) is 2.45. The van der Waals surface area contributed by atoms with Gasteiger partial charge in [0, 0.05) is 30.4 Å². The van der Waals surface area contributed by atoms with Crippen molar-refractivity contribution in [3.8, 4) is 5.75 Å². The van der Waals surface area contributed by atoms with Crippen LogP contribution in [-0.4, -0.2) is 16.3 Å². The van der Waals surface area contributed by atoms with Gasteiger partial charge < -0.3 is 14.4 Å². The zero-order valence-corrected chi connectivity index (χ0v) is 10.4. The van der Waals surface area contributed by atoms with Crippen molar-refractivity contribution in [3.63, 3.8) is 0 Å². The Hall–Kier alpha value is -1.74. The summed E-state index contributed by atoms with van der Waals surface area (Å²) in [6.07, 6.45) is 3.62. The number of hydrogen-bond acceptors (Lipinski definition) is 2. The van der Waals surface area contributed by atoms with E-state index in [4.69, 9.17) is 4.74 Å². The Balaban J connectivity index is 1.78. The summed E-state index contributed by atoms with van der Waals surface area (Å²) in [7, 11) is 0. The molecular formula is C15H17NO2. The molecule has 3 rings (SSSR count). The maximum absolute atomic E-state index is 9.52. The Morgan fingerprint density at radius 2 is 2.22 bits per heavy atom. The van der Waals surface area contributed by atoms with Gasteiger partial charge >= 0.3 is 0 Å². The van der Waals surface area contributed by atoms with Gasteiger partial charge in [0.1, 0.15) is 5.75 Å². The predicted octanol–water partition coefficient (Wildman–Crippen LogP) is 2.72. The summed E-state index contributed by atoms with van der Waals surface area (Å²) >= 11 is 0. The molecule has 2 aromatic rings. The number of hydrogen-bond donors (Lipinski definition) is 1. The van der Waals surface area contributed by atoms with Gasteiger partial charge in [0.25, 0.3) is 0 Å². The van der Waals surface area contributed by atoms with E-state index in [0.29, 0.717) is 5.92 Å². The fraction of sp³-hybridized carbons (Fsp3) is 0.333. The first-order chi connectivity index (χ1) is 8.74. The number of ether oxygens (including phenoxy) is 1. The first-order valence-corrected chi connectivity index (χ1v) is 6.29. The van der Waals surface area contributed by atoms with Crippen LogP contribution >= 0.6 is 0 Å². The smallest absolute Gasteiger partial charge is 0.122 e. The molecule has 0 bridgehead atoms. The Bertz CT molecular complexity index is 545. The molecule has 94 valence electrons. The summed E-state index contributed by atoms with van der Waals surface area (Å²) in [5.41, 5.74) is 2.24. The van der Waals surface area contributed by atoms with Crippen LogP contribution in [0, 0.1) is 0 Å². The fourth-order valence-corrected chi connectivity index (χ4v) is 2.45. The molecule has 1 aromatic heterocycles. The molecule has 1 N–H and O–H groups in total. The second-order valence-electron chi connectivity index (χ2n) is 4.86. The van der Waals surface area contributed by atoms with E-state index in [2.05, 4.69) is 16.7 Å². The molecule has 3 nitrogen and oxygen atoms in total. The van der Waals surface area contributed by atoms with Crippen molar-refractivity contribution in [2.24, 2.45) is 0 Å². The highest BCUT2D eigenvalue weighted by Crippen LogP contribution is 2.34. The average Bonchev–Trinajstić information content (AvgIpc) is 2.98. The number of benzene rings is 1. The number of aliphatic hydroxyl groups excluding tert-OH is 1. The van der Waals surface area contributed by atoms with Gasteiger partial charge in [-0.3, -0.25) is 0 Å². The van der Waals surface area contributed by atoms with Crippen LogP contribution in [0.15, 0.2) is 42.7 Å². The van der Waals surface area contributed by atoms with E-state index in [0.717, 1.165) is 24.5 Å². The average molecular weight is 243 g/mol. The molecule has 0 amide bonds. The van der Waals surface area contributed by atoms with Gasteiger partial charge in [-0.05, 0) is 24.6 Å². The van der Waals surface area contributed by atoms with E-state index < -0.39 is 6.10 Å². The van der Waals surface area contributed by atoms with Crippen LogP contribution in [-0.2, 0) is 6.54 Å². The minimum absolute atomic E-state index is 0.399. The molecule has 2 unspecified atom stereocenters. The molecule has 1 aliphatic heterocycles. The molecule has 1 aromatic carbocycles. The van der Waals surface area contributed by atoms with Crippen molar-refractivity contribution < 1.29 is 9.84 Å². The van der Waals surface area contributed by atoms with Crippen molar-refractivity contribution in [2.75, 3.05) is 6.61 Å². The van der Waals surface area contributed by atoms with E-state index in [9.17, 15) is 5.11 Å². The van der Waals surface area contributed by atoms with Gasteiger partial charge in [0.05, 0.1) is 12.7 Å². The standard InChI is InChI=1S/C15H17NO2/c1-11(17)12-6-7-16(8-12)9-13-10-18-15-5-3-2-4-14(13)15/h2-8,11,13,17H,9-10H2,1H3. The van der Waals surface area contributed by atoms with Crippen LogP contribution in [0.4, 0.5) is 0 Å². The molecule has 0 aliphatic carbocycles. The minimum atomic E-state index is -0.404. The third kappa shape index (κ3) is 2.02. The van der Waals surface area contributed by atoms with E-state index in [1.807, 2.05) is 30.6 Å². The molecule has 0 saturated heterocycles. The largest absolute Gasteiger partial charge is 0.493 e. The third-order valence-electron chi connectivity index (χ3n) is 3.49. The lowest BCUT2D eigenvalue weighted by atomic mass is 10.0. The number of aromatic nitrogens is 1. The maximum atomic E-state index is 9.52. The molecule has 0 saturated carbocycles. The molecule has 18 heavy (non-hydrogen) atoms. The van der Waals surface area contributed by atoms with Gasteiger partial charge in [-0.1, -0.05) is 18.2 Å². The monoisotopic (exact) mass is 243 g/mol. The van der Waals surface area contributed by atoms with E-state index in [1.165, 1.54) is 5.56 Å².